The number of hydrogen-bond donors (Lipinski definition) is 2. The van der Waals surface area contributed by atoms with Gasteiger partial charge in [-0.2, -0.15) is 4.31 Å². The fourth-order valence-corrected chi connectivity index (χ4v) is 3.54. The topological polar surface area (TPSA) is 78.1 Å². The van der Waals surface area contributed by atoms with E-state index in [4.69, 9.17) is 0 Å². The predicted octanol–water partition coefficient (Wildman–Crippen LogP) is 0.562. The van der Waals surface area contributed by atoms with Crippen LogP contribution in [-0.2, 0) is 10.0 Å². The highest BCUT2D eigenvalue weighted by Gasteiger charge is 2.29. The van der Waals surface area contributed by atoms with E-state index in [1.165, 1.54) is 16.8 Å². The highest BCUT2D eigenvalue weighted by molar-refractivity contribution is 7.89. The molecule has 0 unspecified atom stereocenters. The van der Waals surface area contributed by atoms with Gasteiger partial charge in [-0.3, -0.25) is 0 Å². The van der Waals surface area contributed by atoms with E-state index in [9.17, 15) is 8.42 Å². The van der Waals surface area contributed by atoms with Crippen molar-refractivity contribution in [2.24, 2.45) is 0 Å². The molecule has 1 fully saturated rings. The summed E-state index contributed by atoms with van der Waals surface area (Å²) in [6, 6.07) is 0.443. The van der Waals surface area contributed by atoms with E-state index < -0.39 is 10.0 Å². The molecule has 0 spiro atoms. The molecule has 1 aromatic heterocycles. The Labute approximate surface area is 108 Å². The third kappa shape index (κ3) is 2.90. The van der Waals surface area contributed by atoms with Crippen LogP contribution >= 0.6 is 0 Å². The minimum atomic E-state index is -3.38. The highest BCUT2D eigenvalue weighted by atomic mass is 32.2. The Morgan fingerprint density at radius 1 is 1.50 bits per heavy atom. The predicted molar refractivity (Wildman–Crippen MR) is 68.7 cm³/mol. The Balaban J connectivity index is 1.94. The van der Waals surface area contributed by atoms with Crippen LogP contribution in [0.25, 0.3) is 0 Å². The number of H-pyrrole nitrogens is 1. The number of imidazole rings is 1. The molecule has 18 heavy (non-hydrogen) atoms. The van der Waals surface area contributed by atoms with Crippen LogP contribution in [0.5, 0.6) is 0 Å². The summed E-state index contributed by atoms with van der Waals surface area (Å²) in [5.41, 5.74) is 0. The average Bonchev–Trinajstić information content (AvgIpc) is 2.91. The summed E-state index contributed by atoms with van der Waals surface area (Å²) in [6.45, 7) is 4.27. The first-order valence-corrected chi connectivity index (χ1v) is 7.80. The molecule has 1 saturated heterocycles. The van der Waals surface area contributed by atoms with Gasteiger partial charge in [-0.1, -0.05) is 6.92 Å². The SMILES string of the molecule is CCCNC1CCN(S(=O)(=O)c2cnc[nH]2)CC1. The lowest BCUT2D eigenvalue weighted by Gasteiger charge is -2.31. The fourth-order valence-electron chi connectivity index (χ4n) is 2.17. The molecule has 6 nitrogen and oxygen atoms in total. The third-order valence-corrected chi connectivity index (χ3v) is 5.05. The molecule has 2 rings (SSSR count). The number of sulfonamides is 1. The third-order valence-electron chi connectivity index (χ3n) is 3.23. The van der Waals surface area contributed by atoms with E-state index in [1.54, 1.807) is 0 Å². The molecule has 0 aromatic carbocycles. The van der Waals surface area contributed by atoms with Crippen molar-refractivity contribution in [3.8, 4) is 0 Å². The molecule has 102 valence electrons. The van der Waals surface area contributed by atoms with Crippen LogP contribution < -0.4 is 5.32 Å². The van der Waals surface area contributed by atoms with E-state index >= 15 is 0 Å². The van der Waals surface area contributed by atoms with Gasteiger partial charge in [0.05, 0.1) is 12.5 Å². The largest absolute Gasteiger partial charge is 0.335 e. The summed E-state index contributed by atoms with van der Waals surface area (Å²) in [7, 11) is -3.38. The summed E-state index contributed by atoms with van der Waals surface area (Å²) >= 11 is 0. The van der Waals surface area contributed by atoms with Gasteiger partial charge < -0.3 is 10.3 Å². The van der Waals surface area contributed by atoms with Gasteiger partial charge in [0.2, 0.25) is 0 Å². The van der Waals surface area contributed by atoms with Gasteiger partial charge in [0, 0.05) is 19.1 Å². The lowest BCUT2D eigenvalue weighted by atomic mass is 10.1. The summed E-state index contributed by atoms with van der Waals surface area (Å²) in [4.78, 5) is 6.43. The van der Waals surface area contributed by atoms with Crippen molar-refractivity contribution in [2.75, 3.05) is 19.6 Å². The standard InChI is InChI=1S/C11H20N4O2S/c1-2-5-13-10-3-6-15(7-4-10)18(16,17)11-8-12-9-14-11/h8-10,13H,2-7H2,1H3,(H,12,14). The number of hydrogen-bond acceptors (Lipinski definition) is 4. The molecule has 0 radical (unpaired) electrons. The maximum absolute atomic E-state index is 12.2. The molecular formula is C11H20N4O2S. The number of aromatic nitrogens is 2. The fraction of sp³-hybridized carbons (Fsp3) is 0.727. The first-order chi connectivity index (χ1) is 8.64. The van der Waals surface area contributed by atoms with E-state index in [-0.39, 0.29) is 5.03 Å². The summed E-state index contributed by atoms with van der Waals surface area (Å²) < 4.78 is 25.9. The molecule has 0 bridgehead atoms. The van der Waals surface area contributed by atoms with Gasteiger partial charge in [0.25, 0.3) is 10.0 Å². The van der Waals surface area contributed by atoms with Crippen molar-refractivity contribution in [2.45, 2.75) is 37.3 Å². The van der Waals surface area contributed by atoms with Gasteiger partial charge in [-0.05, 0) is 25.8 Å². The first-order valence-electron chi connectivity index (χ1n) is 6.36. The Hall–Kier alpha value is -0.920. The number of aromatic amines is 1. The van der Waals surface area contributed by atoms with Crippen molar-refractivity contribution in [1.82, 2.24) is 19.6 Å². The molecule has 0 amide bonds. The molecule has 1 aromatic rings. The number of piperidine rings is 1. The molecular weight excluding hydrogens is 252 g/mol. The Morgan fingerprint density at radius 2 is 2.22 bits per heavy atom. The Kier molecular flexibility index (Phi) is 4.36. The lowest BCUT2D eigenvalue weighted by molar-refractivity contribution is 0.289. The second-order valence-electron chi connectivity index (χ2n) is 4.55. The van der Waals surface area contributed by atoms with Crippen molar-refractivity contribution in [1.29, 1.82) is 0 Å². The molecule has 2 N–H and O–H groups in total. The molecule has 0 atom stereocenters. The van der Waals surface area contributed by atoms with Crippen LogP contribution in [0.1, 0.15) is 26.2 Å². The van der Waals surface area contributed by atoms with Crippen molar-refractivity contribution >= 4 is 10.0 Å². The highest BCUT2D eigenvalue weighted by Crippen LogP contribution is 2.18. The van der Waals surface area contributed by atoms with Gasteiger partial charge in [-0.25, -0.2) is 13.4 Å². The van der Waals surface area contributed by atoms with Gasteiger partial charge >= 0.3 is 0 Å². The normalized spacial score (nSPS) is 19.2. The molecule has 0 aliphatic carbocycles. The number of nitrogens with zero attached hydrogens (tertiary/aromatic N) is 2. The van der Waals surface area contributed by atoms with E-state index in [1.807, 2.05) is 0 Å². The van der Waals surface area contributed by atoms with Gasteiger partial charge in [-0.15, -0.1) is 0 Å². The van der Waals surface area contributed by atoms with Crippen LogP contribution in [0.2, 0.25) is 0 Å². The summed E-state index contributed by atoms with van der Waals surface area (Å²) in [5, 5.41) is 3.62. The van der Waals surface area contributed by atoms with E-state index in [0.29, 0.717) is 19.1 Å². The van der Waals surface area contributed by atoms with Gasteiger partial charge in [0.1, 0.15) is 0 Å². The Bertz CT molecular complexity index is 449. The minimum Gasteiger partial charge on any atom is -0.335 e. The van der Waals surface area contributed by atoms with Crippen LogP contribution in [0, 0.1) is 0 Å². The summed E-state index contributed by atoms with van der Waals surface area (Å²) in [5.74, 6) is 0. The molecule has 2 heterocycles. The minimum absolute atomic E-state index is 0.183. The number of rotatable bonds is 5. The summed E-state index contributed by atoms with van der Waals surface area (Å²) in [6.07, 6.45) is 5.59. The quantitative estimate of drug-likeness (QED) is 0.821. The monoisotopic (exact) mass is 272 g/mol. The van der Waals surface area contributed by atoms with Crippen LogP contribution in [0.3, 0.4) is 0 Å². The molecule has 7 heteroatoms. The zero-order valence-electron chi connectivity index (χ0n) is 10.6. The molecule has 1 aliphatic rings. The van der Waals surface area contributed by atoms with Crippen LogP contribution in [0.15, 0.2) is 17.6 Å². The second-order valence-corrected chi connectivity index (χ2v) is 6.45. The molecule has 0 saturated carbocycles. The smallest absolute Gasteiger partial charge is 0.260 e. The lowest BCUT2D eigenvalue weighted by Crippen LogP contribution is -2.45. The van der Waals surface area contributed by atoms with Crippen molar-refractivity contribution in [3.63, 3.8) is 0 Å². The number of nitrogens with one attached hydrogen (secondary N) is 2. The average molecular weight is 272 g/mol. The van der Waals surface area contributed by atoms with Gasteiger partial charge in [0.15, 0.2) is 5.03 Å². The maximum atomic E-state index is 12.2. The zero-order valence-corrected chi connectivity index (χ0v) is 11.4. The second kappa shape index (κ2) is 5.81. The zero-order chi connectivity index (χ0) is 13.0. The van der Waals surface area contributed by atoms with Crippen molar-refractivity contribution < 1.29 is 8.42 Å². The molecule has 1 aliphatic heterocycles. The van der Waals surface area contributed by atoms with E-state index in [2.05, 4.69) is 22.2 Å². The van der Waals surface area contributed by atoms with E-state index in [0.717, 1.165) is 25.8 Å². The van der Waals surface area contributed by atoms with Crippen LogP contribution in [0.4, 0.5) is 0 Å². The first kappa shape index (κ1) is 13.5. The Morgan fingerprint density at radius 3 is 2.78 bits per heavy atom. The van der Waals surface area contributed by atoms with Crippen molar-refractivity contribution in [3.05, 3.63) is 12.5 Å². The maximum Gasteiger partial charge on any atom is 0.260 e. The van der Waals surface area contributed by atoms with Crippen LogP contribution in [-0.4, -0.2) is 48.4 Å².